The maximum Gasteiger partial charge on any atom is 0.306 e. The lowest BCUT2D eigenvalue weighted by Gasteiger charge is -2.13. The van der Waals surface area contributed by atoms with Gasteiger partial charge in [0.25, 0.3) is 0 Å². The van der Waals surface area contributed by atoms with Crippen LogP contribution < -0.4 is 0 Å². The Morgan fingerprint density at radius 2 is 2.22 bits per heavy atom. The van der Waals surface area contributed by atoms with E-state index in [1.54, 1.807) is 18.0 Å². The monoisotopic (exact) mass is 266 g/mol. The number of aryl methyl sites for hydroxylation is 2. The van der Waals surface area contributed by atoms with Crippen LogP contribution >= 0.6 is 11.8 Å². The molecule has 0 bridgehead atoms. The molecule has 0 saturated heterocycles. The highest BCUT2D eigenvalue weighted by atomic mass is 32.2. The third kappa shape index (κ3) is 3.22. The van der Waals surface area contributed by atoms with E-state index >= 15 is 0 Å². The average Bonchev–Trinajstić information content (AvgIpc) is 3.10. The third-order valence-electron chi connectivity index (χ3n) is 3.25. The number of ether oxygens (including phenoxy) is 1. The summed E-state index contributed by atoms with van der Waals surface area (Å²) in [5, 5.41) is 0.978. The lowest BCUT2D eigenvalue weighted by atomic mass is 10.1. The van der Waals surface area contributed by atoms with Gasteiger partial charge in [0.05, 0.1) is 24.9 Å². The van der Waals surface area contributed by atoms with Crippen LogP contribution in [0.3, 0.4) is 0 Å². The van der Waals surface area contributed by atoms with E-state index in [-0.39, 0.29) is 11.4 Å². The SMILES string of the molecule is COC(=O)CC1(CSc2nc(C)cnc2C)CC1. The van der Waals surface area contributed by atoms with Gasteiger partial charge in [0, 0.05) is 11.9 Å². The van der Waals surface area contributed by atoms with Crippen LogP contribution in [0.2, 0.25) is 0 Å². The van der Waals surface area contributed by atoms with Crippen molar-refractivity contribution < 1.29 is 9.53 Å². The molecule has 1 heterocycles. The maximum absolute atomic E-state index is 11.3. The first-order valence-corrected chi connectivity index (χ1v) is 7.03. The zero-order valence-electron chi connectivity index (χ0n) is 11.0. The molecule has 18 heavy (non-hydrogen) atoms. The van der Waals surface area contributed by atoms with Gasteiger partial charge in [-0.15, -0.1) is 11.8 Å². The first-order chi connectivity index (χ1) is 8.54. The Morgan fingerprint density at radius 1 is 1.50 bits per heavy atom. The normalized spacial score (nSPS) is 16.4. The zero-order chi connectivity index (χ0) is 13.2. The van der Waals surface area contributed by atoms with Crippen LogP contribution in [0.25, 0.3) is 0 Å². The summed E-state index contributed by atoms with van der Waals surface area (Å²) in [4.78, 5) is 20.1. The molecule has 0 atom stereocenters. The number of thioether (sulfide) groups is 1. The van der Waals surface area contributed by atoms with Crippen LogP contribution in [0.4, 0.5) is 0 Å². The molecule has 1 aliphatic rings. The van der Waals surface area contributed by atoms with Crippen LogP contribution in [0.5, 0.6) is 0 Å². The van der Waals surface area contributed by atoms with Gasteiger partial charge in [0.2, 0.25) is 0 Å². The van der Waals surface area contributed by atoms with Crippen molar-refractivity contribution in [2.45, 2.75) is 38.1 Å². The molecule has 98 valence electrons. The second kappa shape index (κ2) is 5.26. The second-order valence-electron chi connectivity index (χ2n) is 4.94. The van der Waals surface area contributed by atoms with Crippen molar-refractivity contribution in [3.8, 4) is 0 Å². The summed E-state index contributed by atoms with van der Waals surface area (Å²) in [6, 6.07) is 0. The molecular weight excluding hydrogens is 248 g/mol. The van der Waals surface area contributed by atoms with E-state index in [9.17, 15) is 4.79 Å². The summed E-state index contributed by atoms with van der Waals surface area (Å²) < 4.78 is 4.74. The molecule has 0 radical (unpaired) electrons. The molecule has 0 unspecified atom stereocenters. The minimum absolute atomic E-state index is 0.111. The predicted octanol–water partition coefficient (Wildman–Crippen LogP) is 2.53. The molecule has 0 amide bonds. The maximum atomic E-state index is 11.3. The molecule has 4 nitrogen and oxygen atoms in total. The standard InChI is InChI=1S/C13H18N2O2S/c1-9-7-14-10(2)12(15-9)18-8-13(4-5-13)6-11(16)17-3/h7H,4-6,8H2,1-3H3. The Kier molecular flexibility index (Phi) is 3.90. The number of hydrogen-bond donors (Lipinski definition) is 0. The van der Waals surface area contributed by atoms with Crippen molar-refractivity contribution in [1.82, 2.24) is 9.97 Å². The molecule has 1 fully saturated rings. The Labute approximate surface area is 112 Å². The van der Waals surface area contributed by atoms with Crippen LogP contribution in [-0.2, 0) is 9.53 Å². The van der Waals surface area contributed by atoms with Crippen molar-refractivity contribution in [1.29, 1.82) is 0 Å². The lowest BCUT2D eigenvalue weighted by Crippen LogP contribution is -2.13. The smallest absolute Gasteiger partial charge is 0.306 e. The summed E-state index contributed by atoms with van der Waals surface area (Å²) in [6.45, 7) is 3.91. The number of hydrogen-bond acceptors (Lipinski definition) is 5. The average molecular weight is 266 g/mol. The number of carbonyl (C=O) groups is 1. The summed E-state index contributed by atoms with van der Waals surface area (Å²) in [5.74, 6) is 0.807. The number of rotatable bonds is 5. The van der Waals surface area contributed by atoms with E-state index in [4.69, 9.17) is 4.74 Å². The number of methoxy groups -OCH3 is 1. The molecule has 5 heteroatoms. The summed E-state index contributed by atoms with van der Waals surface area (Å²) in [7, 11) is 1.45. The first kappa shape index (κ1) is 13.3. The van der Waals surface area contributed by atoms with Gasteiger partial charge in [0.1, 0.15) is 5.03 Å². The van der Waals surface area contributed by atoms with Gasteiger partial charge in [-0.2, -0.15) is 0 Å². The highest BCUT2D eigenvalue weighted by Gasteiger charge is 2.44. The van der Waals surface area contributed by atoms with Gasteiger partial charge in [-0.25, -0.2) is 4.98 Å². The van der Waals surface area contributed by atoms with Crippen molar-refractivity contribution in [2.24, 2.45) is 5.41 Å². The Hall–Kier alpha value is -1.10. The molecule has 0 aromatic carbocycles. The summed E-state index contributed by atoms with van der Waals surface area (Å²) in [6.07, 6.45) is 4.51. The van der Waals surface area contributed by atoms with Crippen LogP contribution in [0.15, 0.2) is 11.2 Å². The van der Waals surface area contributed by atoms with E-state index in [1.165, 1.54) is 7.11 Å². The predicted molar refractivity (Wildman–Crippen MR) is 70.5 cm³/mol. The van der Waals surface area contributed by atoms with Gasteiger partial charge in [-0.3, -0.25) is 9.78 Å². The molecule has 1 saturated carbocycles. The molecule has 1 aliphatic carbocycles. The first-order valence-electron chi connectivity index (χ1n) is 6.04. The molecule has 0 aliphatic heterocycles. The second-order valence-corrected chi connectivity index (χ2v) is 5.91. The van der Waals surface area contributed by atoms with Crippen LogP contribution in [0, 0.1) is 19.3 Å². The quantitative estimate of drug-likeness (QED) is 0.605. The van der Waals surface area contributed by atoms with E-state index in [2.05, 4.69) is 9.97 Å². The fraction of sp³-hybridized carbons (Fsp3) is 0.615. The number of esters is 1. The molecule has 0 N–H and O–H groups in total. The van der Waals surface area contributed by atoms with Gasteiger partial charge in [-0.1, -0.05) is 0 Å². The van der Waals surface area contributed by atoms with Crippen molar-refractivity contribution in [3.63, 3.8) is 0 Å². The fourth-order valence-electron chi connectivity index (χ4n) is 1.80. The summed E-state index contributed by atoms with van der Waals surface area (Å²) >= 11 is 1.70. The van der Waals surface area contributed by atoms with Crippen LogP contribution in [0.1, 0.15) is 30.7 Å². The highest BCUT2D eigenvalue weighted by Crippen LogP contribution is 2.52. The summed E-state index contributed by atoms with van der Waals surface area (Å²) in [5.41, 5.74) is 2.02. The van der Waals surface area contributed by atoms with Gasteiger partial charge in [0.15, 0.2) is 0 Å². The van der Waals surface area contributed by atoms with E-state index in [0.29, 0.717) is 6.42 Å². The lowest BCUT2D eigenvalue weighted by molar-refractivity contribution is -0.141. The van der Waals surface area contributed by atoms with E-state index in [0.717, 1.165) is 35.0 Å². The van der Waals surface area contributed by atoms with Gasteiger partial charge >= 0.3 is 5.97 Å². The Balaban J connectivity index is 1.95. The fourth-order valence-corrected chi connectivity index (χ4v) is 3.10. The zero-order valence-corrected chi connectivity index (χ0v) is 11.8. The third-order valence-corrected chi connectivity index (χ3v) is 4.67. The molecule has 1 aromatic heterocycles. The number of aromatic nitrogens is 2. The minimum Gasteiger partial charge on any atom is -0.469 e. The number of nitrogens with zero attached hydrogens (tertiary/aromatic N) is 2. The van der Waals surface area contributed by atoms with Gasteiger partial charge < -0.3 is 4.74 Å². The highest BCUT2D eigenvalue weighted by molar-refractivity contribution is 7.99. The van der Waals surface area contributed by atoms with E-state index in [1.807, 2.05) is 13.8 Å². The molecule has 2 rings (SSSR count). The Bertz CT molecular complexity index is 458. The minimum atomic E-state index is -0.111. The van der Waals surface area contributed by atoms with Crippen molar-refractivity contribution >= 4 is 17.7 Å². The van der Waals surface area contributed by atoms with E-state index < -0.39 is 0 Å². The van der Waals surface area contributed by atoms with Crippen LogP contribution in [-0.4, -0.2) is 28.8 Å². The Morgan fingerprint density at radius 3 is 2.83 bits per heavy atom. The largest absolute Gasteiger partial charge is 0.469 e. The van der Waals surface area contributed by atoms with Crippen molar-refractivity contribution in [2.75, 3.05) is 12.9 Å². The van der Waals surface area contributed by atoms with Crippen molar-refractivity contribution in [3.05, 3.63) is 17.6 Å². The molecule has 1 aromatic rings. The molecular formula is C13H18N2O2S. The number of carbonyl (C=O) groups excluding carboxylic acids is 1. The topological polar surface area (TPSA) is 52.1 Å². The van der Waals surface area contributed by atoms with Gasteiger partial charge in [-0.05, 0) is 32.1 Å². The molecule has 0 spiro atoms.